The van der Waals surface area contributed by atoms with Gasteiger partial charge in [-0.05, 0) is 191 Å². The fourth-order valence-corrected chi connectivity index (χ4v) is 14.7. The van der Waals surface area contributed by atoms with Crippen molar-refractivity contribution in [3.63, 3.8) is 0 Å². The molecule has 462 valence electrons. The van der Waals surface area contributed by atoms with Crippen molar-refractivity contribution in [2.24, 2.45) is 11.8 Å². The SMILES string of the molecule is C#CC#CC#CC#CC(CCCCCCCCCC)COc1ccc(CCCCCN2C(=O)C3=C(c4ccc(Br)s4)N(CCCCCc4ccc(OCC(CCCCCCCC)CCCCCCCCCC)cc4)C(=O)C3=C2c2ccc(Br)s2)cc1. The number of rotatable bonds is 45. The van der Waals surface area contributed by atoms with Gasteiger partial charge in [0.15, 0.2) is 0 Å². The summed E-state index contributed by atoms with van der Waals surface area (Å²) >= 11 is 10.5. The highest BCUT2D eigenvalue weighted by molar-refractivity contribution is 9.11. The van der Waals surface area contributed by atoms with Crippen molar-refractivity contribution in [2.45, 2.75) is 233 Å². The number of terminal acetylenes is 1. The Kier molecular flexibility index (Phi) is 34.3. The summed E-state index contributed by atoms with van der Waals surface area (Å²) < 4.78 is 14.7. The van der Waals surface area contributed by atoms with E-state index >= 15 is 0 Å². The molecule has 0 saturated carbocycles. The number of thiophene rings is 2. The normalized spacial score (nSPS) is 13.5. The maximum atomic E-state index is 14.9. The first-order valence-electron chi connectivity index (χ1n) is 33.3. The number of ether oxygens (including phenoxy) is 2. The number of benzene rings is 2. The topological polar surface area (TPSA) is 59.1 Å². The standard InChI is InChI=1S/C76H98Br2N2O4S2/c1-5-9-13-17-21-23-27-33-43-63(41-31-25-19-15-11-7-3)59-83-65-49-45-61(46-50-65)39-35-29-37-57-79-73(67-53-55-69(77)85-67)71-72(75(79)81)74(68-54-56-70(78)86-68)80(76(71)82)58-38-30-36-40-62-47-51-66(52-48-62)84-60-64(42-32-26-20-16-12-8-4)44-34-28-24-22-18-14-10-6-2/h3,45-56,63-64H,5-6,8-10,12-14,16-18,20-24,26-30,32-40,42-44,57-60H2,1-2,4H3. The van der Waals surface area contributed by atoms with Gasteiger partial charge >= 0.3 is 0 Å². The second-order valence-electron chi connectivity index (χ2n) is 23.7. The fraction of sp³-hybridized carbons (Fsp3) is 0.553. The molecule has 4 aromatic rings. The summed E-state index contributed by atoms with van der Waals surface area (Å²) in [5.41, 5.74) is 5.14. The monoisotopic (exact) mass is 1320 g/mol. The average molecular weight is 1330 g/mol. The first-order valence-corrected chi connectivity index (χ1v) is 36.5. The van der Waals surface area contributed by atoms with Crippen LogP contribution in [0.2, 0.25) is 0 Å². The number of amides is 2. The summed E-state index contributed by atoms with van der Waals surface area (Å²) in [5, 5.41) is 0. The third-order valence-corrected chi connectivity index (χ3v) is 20.0. The molecule has 2 atom stereocenters. The summed E-state index contributed by atoms with van der Waals surface area (Å²) in [4.78, 5) is 35.4. The minimum Gasteiger partial charge on any atom is -0.493 e. The lowest BCUT2D eigenvalue weighted by Crippen LogP contribution is -2.30. The van der Waals surface area contributed by atoms with Crippen molar-refractivity contribution in [1.82, 2.24) is 9.80 Å². The van der Waals surface area contributed by atoms with E-state index in [9.17, 15) is 9.59 Å². The summed E-state index contributed by atoms with van der Waals surface area (Å²) in [7, 11) is 0. The number of halogens is 2. The maximum absolute atomic E-state index is 14.9. The van der Waals surface area contributed by atoms with Crippen molar-refractivity contribution in [2.75, 3.05) is 26.3 Å². The Bertz CT molecular complexity index is 2950. The van der Waals surface area contributed by atoms with Gasteiger partial charge in [0, 0.05) is 13.1 Å². The maximum Gasteiger partial charge on any atom is 0.261 e. The van der Waals surface area contributed by atoms with Crippen LogP contribution in [-0.4, -0.2) is 47.9 Å². The molecule has 0 aliphatic carbocycles. The first-order chi connectivity index (χ1) is 42.2. The molecule has 10 heteroatoms. The van der Waals surface area contributed by atoms with Gasteiger partial charge in [0.2, 0.25) is 0 Å². The van der Waals surface area contributed by atoms with E-state index in [0.717, 1.165) is 111 Å². The van der Waals surface area contributed by atoms with E-state index in [0.29, 0.717) is 36.8 Å². The summed E-state index contributed by atoms with van der Waals surface area (Å²) in [6.07, 6.45) is 45.2. The highest BCUT2D eigenvalue weighted by Gasteiger charge is 2.49. The Balaban J connectivity index is 0.989. The zero-order chi connectivity index (χ0) is 60.8. The van der Waals surface area contributed by atoms with Crippen LogP contribution >= 0.6 is 54.5 Å². The van der Waals surface area contributed by atoms with E-state index in [1.807, 2.05) is 34.1 Å². The van der Waals surface area contributed by atoms with E-state index in [-0.39, 0.29) is 17.7 Å². The predicted octanol–water partition coefficient (Wildman–Crippen LogP) is 21.4. The highest BCUT2D eigenvalue weighted by atomic mass is 79.9. The van der Waals surface area contributed by atoms with Gasteiger partial charge < -0.3 is 19.3 Å². The van der Waals surface area contributed by atoms with Crippen molar-refractivity contribution in [3.8, 4) is 59.4 Å². The Morgan fingerprint density at radius 2 is 0.826 bits per heavy atom. The zero-order valence-electron chi connectivity index (χ0n) is 52.4. The van der Waals surface area contributed by atoms with E-state index in [1.54, 1.807) is 22.7 Å². The van der Waals surface area contributed by atoms with Crippen molar-refractivity contribution in [3.05, 3.63) is 112 Å². The molecular weight excluding hydrogens is 1230 g/mol. The van der Waals surface area contributed by atoms with Gasteiger partial charge in [0.25, 0.3) is 11.8 Å². The smallest absolute Gasteiger partial charge is 0.261 e. The fourth-order valence-electron chi connectivity index (χ4n) is 11.8. The molecule has 0 fully saturated rings. The molecule has 86 heavy (non-hydrogen) atoms. The van der Waals surface area contributed by atoms with Crippen LogP contribution in [0.25, 0.3) is 11.4 Å². The molecule has 0 spiro atoms. The van der Waals surface area contributed by atoms with E-state index in [4.69, 9.17) is 15.9 Å². The Labute approximate surface area is 545 Å². The van der Waals surface area contributed by atoms with E-state index in [2.05, 4.69) is 143 Å². The first kappa shape index (κ1) is 70.2. The van der Waals surface area contributed by atoms with Gasteiger partial charge in [0.05, 0.1) is 52.4 Å². The van der Waals surface area contributed by atoms with Crippen LogP contribution in [0.5, 0.6) is 11.5 Å². The lowest BCUT2D eigenvalue weighted by atomic mass is 9.94. The van der Waals surface area contributed by atoms with Crippen molar-refractivity contribution < 1.29 is 19.1 Å². The molecule has 4 heterocycles. The molecule has 6 rings (SSSR count). The molecule has 2 aliphatic rings. The van der Waals surface area contributed by atoms with Crippen molar-refractivity contribution >= 4 is 77.7 Å². The molecule has 2 aliphatic heterocycles. The quantitative estimate of drug-likeness (QED) is 0.0327. The number of hydrogen-bond acceptors (Lipinski definition) is 6. The number of carbonyl (C=O) groups excluding carboxylic acids is 2. The number of unbranched alkanes of at least 4 members (excludes halogenated alkanes) is 23. The summed E-state index contributed by atoms with van der Waals surface area (Å²) in [6.45, 7) is 9.26. The van der Waals surface area contributed by atoms with Crippen LogP contribution < -0.4 is 9.47 Å². The lowest BCUT2D eigenvalue weighted by molar-refractivity contribution is -0.124. The Hall–Kier alpha value is -4.94. The Morgan fingerprint density at radius 1 is 0.442 bits per heavy atom. The summed E-state index contributed by atoms with van der Waals surface area (Å²) in [6, 6.07) is 25.3. The van der Waals surface area contributed by atoms with Gasteiger partial charge in [0.1, 0.15) is 18.1 Å². The summed E-state index contributed by atoms with van der Waals surface area (Å²) in [5.74, 6) is 21.6. The van der Waals surface area contributed by atoms with Crippen LogP contribution in [0.1, 0.15) is 241 Å². The van der Waals surface area contributed by atoms with E-state index in [1.165, 1.54) is 159 Å². The minimum atomic E-state index is -0.0805. The molecule has 0 saturated heterocycles. The molecule has 0 N–H and O–H groups in total. The number of nitrogens with zero attached hydrogens (tertiary/aromatic N) is 2. The molecular formula is C76H98Br2N2O4S2. The van der Waals surface area contributed by atoms with Gasteiger partial charge in [-0.2, -0.15) is 0 Å². The second kappa shape index (κ2) is 42.1. The molecule has 6 nitrogen and oxygen atoms in total. The number of carbonyl (C=O) groups is 2. The van der Waals surface area contributed by atoms with Gasteiger partial charge in [-0.1, -0.05) is 205 Å². The number of fused-ring (bicyclic) bond motifs is 1. The highest BCUT2D eigenvalue weighted by Crippen LogP contribution is 2.49. The second-order valence-corrected chi connectivity index (χ2v) is 28.6. The van der Waals surface area contributed by atoms with Gasteiger partial charge in [-0.3, -0.25) is 9.59 Å². The number of aryl methyl sites for hydroxylation is 2. The van der Waals surface area contributed by atoms with E-state index < -0.39 is 0 Å². The van der Waals surface area contributed by atoms with Crippen LogP contribution in [0.4, 0.5) is 0 Å². The van der Waals surface area contributed by atoms with Crippen LogP contribution in [-0.2, 0) is 22.4 Å². The predicted molar refractivity (Wildman–Crippen MR) is 372 cm³/mol. The Morgan fingerprint density at radius 3 is 1.24 bits per heavy atom. The minimum absolute atomic E-state index is 0.0754. The largest absolute Gasteiger partial charge is 0.493 e. The lowest BCUT2D eigenvalue weighted by Gasteiger charge is -2.24. The number of hydrogen-bond donors (Lipinski definition) is 0. The molecule has 0 radical (unpaired) electrons. The third kappa shape index (κ3) is 24.9. The third-order valence-electron chi connectivity index (χ3n) is 16.7. The van der Waals surface area contributed by atoms with Gasteiger partial charge in [-0.15, -0.1) is 29.1 Å². The van der Waals surface area contributed by atoms with Crippen LogP contribution in [0.3, 0.4) is 0 Å². The molecule has 2 aromatic heterocycles. The molecule has 2 aromatic carbocycles. The van der Waals surface area contributed by atoms with Crippen LogP contribution in [0, 0.1) is 59.7 Å². The van der Waals surface area contributed by atoms with Crippen molar-refractivity contribution in [1.29, 1.82) is 0 Å². The molecule has 2 unspecified atom stereocenters. The average Bonchev–Trinajstić information content (AvgIpc) is 1.57. The van der Waals surface area contributed by atoms with Gasteiger partial charge in [-0.25, -0.2) is 0 Å². The zero-order valence-corrected chi connectivity index (χ0v) is 57.2. The van der Waals surface area contributed by atoms with Crippen LogP contribution in [0.15, 0.2) is 91.5 Å². The molecule has 0 bridgehead atoms. The molecule has 2 amide bonds.